The number of aryl methyl sites for hydroxylation is 1. The van der Waals surface area contributed by atoms with Crippen molar-refractivity contribution in [1.29, 1.82) is 0 Å². The first-order valence-electron chi connectivity index (χ1n) is 3.63. The van der Waals surface area contributed by atoms with Crippen LogP contribution in [-0.2, 0) is 12.8 Å². The lowest BCUT2D eigenvalue weighted by molar-refractivity contribution is 0.514. The SMILES string of the molecule is CCc1cc(CCN)co1. The van der Waals surface area contributed by atoms with Gasteiger partial charge in [0.05, 0.1) is 6.26 Å². The van der Waals surface area contributed by atoms with Gasteiger partial charge in [0.2, 0.25) is 0 Å². The van der Waals surface area contributed by atoms with Gasteiger partial charge in [0.25, 0.3) is 0 Å². The Morgan fingerprint density at radius 3 is 2.90 bits per heavy atom. The molecule has 1 aromatic rings. The van der Waals surface area contributed by atoms with Crippen LogP contribution in [0.2, 0.25) is 0 Å². The molecule has 0 spiro atoms. The average Bonchev–Trinajstić information content (AvgIpc) is 2.37. The van der Waals surface area contributed by atoms with Crippen molar-refractivity contribution < 1.29 is 4.42 Å². The number of furan rings is 1. The third-order valence-electron chi connectivity index (χ3n) is 1.49. The monoisotopic (exact) mass is 139 g/mol. The third-order valence-corrected chi connectivity index (χ3v) is 1.49. The van der Waals surface area contributed by atoms with Crippen LogP contribution in [0.15, 0.2) is 16.7 Å². The summed E-state index contributed by atoms with van der Waals surface area (Å²) in [6, 6.07) is 2.06. The second-order valence-corrected chi connectivity index (χ2v) is 2.31. The topological polar surface area (TPSA) is 39.2 Å². The van der Waals surface area contributed by atoms with Gasteiger partial charge in [-0.05, 0) is 24.6 Å². The quantitative estimate of drug-likeness (QED) is 0.686. The normalized spacial score (nSPS) is 10.2. The Morgan fingerprint density at radius 1 is 1.60 bits per heavy atom. The molecule has 0 aliphatic rings. The fourth-order valence-electron chi connectivity index (χ4n) is 0.909. The van der Waals surface area contributed by atoms with E-state index in [4.69, 9.17) is 10.2 Å². The van der Waals surface area contributed by atoms with Crippen molar-refractivity contribution in [3.8, 4) is 0 Å². The molecule has 0 aromatic carbocycles. The minimum atomic E-state index is 0.697. The Kier molecular flexibility index (Phi) is 2.51. The van der Waals surface area contributed by atoms with Gasteiger partial charge in [0, 0.05) is 6.42 Å². The van der Waals surface area contributed by atoms with Crippen LogP contribution >= 0.6 is 0 Å². The van der Waals surface area contributed by atoms with Crippen LogP contribution in [0.3, 0.4) is 0 Å². The summed E-state index contributed by atoms with van der Waals surface area (Å²) in [7, 11) is 0. The largest absolute Gasteiger partial charge is 0.469 e. The maximum absolute atomic E-state index is 5.37. The van der Waals surface area contributed by atoms with Gasteiger partial charge in [0.15, 0.2) is 0 Å². The summed E-state index contributed by atoms with van der Waals surface area (Å²) in [5.41, 5.74) is 6.58. The molecule has 2 heteroatoms. The highest BCUT2D eigenvalue weighted by Crippen LogP contribution is 2.07. The molecule has 1 rings (SSSR count). The lowest BCUT2D eigenvalue weighted by Crippen LogP contribution is -2.01. The molecule has 0 unspecified atom stereocenters. The molecule has 0 fully saturated rings. The molecule has 0 aliphatic carbocycles. The molecule has 1 aromatic heterocycles. The predicted octanol–water partition coefficient (Wildman–Crippen LogP) is 1.34. The van der Waals surface area contributed by atoms with Crippen molar-refractivity contribution in [2.45, 2.75) is 19.8 Å². The van der Waals surface area contributed by atoms with E-state index in [-0.39, 0.29) is 0 Å². The van der Waals surface area contributed by atoms with Crippen LogP contribution in [0.25, 0.3) is 0 Å². The number of hydrogen-bond donors (Lipinski definition) is 1. The summed E-state index contributed by atoms with van der Waals surface area (Å²) < 4.78 is 5.21. The Labute approximate surface area is 61.0 Å². The molecule has 2 nitrogen and oxygen atoms in total. The van der Waals surface area contributed by atoms with Gasteiger partial charge in [-0.3, -0.25) is 0 Å². The molecule has 0 atom stereocenters. The van der Waals surface area contributed by atoms with E-state index < -0.39 is 0 Å². The van der Waals surface area contributed by atoms with E-state index in [0.717, 1.165) is 18.6 Å². The first kappa shape index (κ1) is 7.35. The zero-order valence-corrected chi connectivity index (χ0v) is 6.26. The average molecular weight is 139 g/mol. The molecule has 0 amide bonds. The summed E-state index contributed by atoms with van der Waals surface area (Å²) in [5, 5.41) is 0. The zero-order chi connectivity index (χ0) is 7.40. The Hall–Kier alpha value is -0.760. The van der Waals surface area contributed by atoms with Gasteiger partial charge in [-0.15, -0.1) is 0 Å². The van der Waals surface area contributed by atoms with E-state index in [1.54, 1.807) is 6.26 Å². The molecule has 0 aliphatic heterocycles. The first-order chi connectivity index (χ1) is 4.86. The van der Waals surface area contributed by atoms with E-state index in [0.29, 0.717) is 6.54 Å². The summed E-state index contributed by atoms with van der Waals surface area (Å²) in [5.74, 6) is 1.04. The second-order valence-electron chi connectivity index (χ2n) is 2.31. The van der Waals surface area contributed by atoms with Gasteiger partial charge >= 0.3 is 0 Å². The van der Waals surface area contributed by atoms with Crippen LogP contribution in [-0.4, -0.2) is 6.54 Å². The lowest BCUT2D eigenvalue weighted by Gasteiger charge is -1.86. The van der Waals surface area contributed by atoms with Crippen molar-refractivity contribution in [3.63, 3.8) is 0 Å². The van der Waals surface area contributed by atoms with E-state index in [2.05, 4.69) is 13.0 Å². The third kappa shape index (κ3) is 1.61. The molecule has 0 saturated heterocycles. The highest BCUT2D eigenvalue weighted by Gasteiger charge is 1.96. The lowest BCUT2D eigenvalue weighted by atomic mass is 10.2. The molecule has 56 valence electrons. The van der Waals surface area contributed by atoms with Crippen LogP contribution in [0.5, 0.6) is 0 Å². The fourth-order valence-corrected chi connectivity index (χ4v) is 0.909. The summed E-state index contributed by atoms with van der Waals surface area (Å²) in [4.78, 5) is 0. The van der Waals surface area contributed by atoms with Crippen molar-refractivity contribution in [2.24, 2.45) is 5.73 Å². The maximum Gasteiger partial charge on any atom is 0.103 e. The first-order valence-corrected chi connectivity index (χ1v) is 3.63. The van der Waals surface area contributed by atoms with Crippen LogP contribution in [0.1, 0.15) is 18.2 Å². The molecule has 0 bridgehead atoms. The maximum atomic E-state index is 5.37. The molecule has 10 heavy (non-hydrogen) atoms. The van der Waals surface area contributed by atoms with Crippen LogP contribution in [0.4, 0.5) is 0 Å². The molecule has 1 heterocycles. The Morgan fingerprint density at radius 2 is 2.40 bits per heavy atom. The minimum Gasteiger partial charge on any atom is -0.469 e. The number of nitrogens with two attached hydrogens (primary N) is 1. The van der Waals surface area contributed by atoms with E-state index in [1.165, 1.54) is 5.56 Å². The summed E-state index contributed by atoms with van der Waals surface area (Å²) in [6.45, 7) is 2.77. The van der Waals surface area contributed by atoms with Crippen molar-refractivity contribution in [3.05, 3.63) is 23.7 Å². The van der Waals surface area contributed by atoms with Gasteiger partial charge < -0.3 is 10.2 Å². The van der Waals surface area contributed by atoms with Crippen molar-refractivity contribution >= 4 is 0 Å². The molecule has 2 N–H and O–H groups in total. The van der Waals surface area contributed by atoms with Gasteiger partial charge in [-0.25, -0.2) is 0 Å². The summed E-state index contributed by atoms with van der Waals surface area (Å²) >= 11 is 0. The molecule has 0 radical (unpaired) electrons. The van der Waals surface area contributed by atoms with Gasteiger partial charge in [-0.1, -0.05) is 6.92 Å². The van der Waals surface area contributed by atoms with E-state index in [9.17, 15) is 0 Å². The van der Waals surface area contributed by atoms with Crippen molar-refractivity contribution in [2.75, 3.05) is 6.54 Å². The molecular formula is C8H13NO. The van der Waals surface area contributed by atoms with Gasteiger partial charge in [0.1, 0.15) is 5.76 Å². The Balaban J connectivity index is 2.59. The standard InChI is InChI=1S/C8H13NO/c1-2-8-5-7(3-4-9)6-10-8/h5-6H,2-4,9H2,1H3. The number of hydrogen-bond acceptors (Lipinski definition) is 2. The van der Waals surface area contributed by atoms with E-state index in [1.807, 2.05) is 0 Å². The number of rotatable bonds is 3. The van der Waals surface area contributed by atoms with E-state index >= 15 is 0 Å². The predicted molar refractivity (Wildman–Crippen MR) is 40.8 cm³/mol. The highest BCUT2D eigenvalue weighted by molar-refractivity contribution is 5.12. The van der Waals surface area contributed by atoms with Crippen molar-refractivity contribution in [1.82, 2.24) is 0 Å². The smallest absolute Gasteiger partial charge is 0.103 e. The minimum absolute atomic E-state index is 0.697. The van der Waals surface area contributed by atoms with Crippen LogP contribution < -0.4 is 5.73 Å². The molecule has 0 saturated carbocycles. The second kappa shape index (κ2) is 3.42. The van der Waals surface area contributed by atoms with Crippen LogP contribution in [0, 0.1) is 0 Å². The molecular weight excluding hydrogens is 126 g/mol. The Bertz CT molecular complexity index is 193. The fraction of sp³-hybridized carbons (Fsp3) is 0.500. The highest BCUT2D eigenvalue weighted by atomic mass is 16.3. The van der Waals surface area contributed by atoms with Gasteiger partial charge in [-0.2, -0.15) is 0 Å². The summed E-state index contributed by atoms with van der Waals surface area (Å²) in [6.07, 6.45) is 3.67. The zero-order valence-electron chi connectivity index (χ0n) is 6.26.